The predicted molar refractivity (Wildman–Crippen MR) is 588 cm³/mol. The second-order valence-corrected chi connectivity index (χ2v) is 48.6. The fourth-order valence-electron chi connectivity index (χ4n) is 14.8. The van der Waals surface area contributed by atoms with Crippen LogP contribution in [0.4, 0.5) is 0 Å². The van der Waals surface area contributed by atoms with Gasteiger partial charge in [-0.1, -0.05) is 241 Å². The molecule has 0 aliphatic rings. The van der Waals surface area contributed by atoms with Crippen molar-refractivity contribution in [2.24, 2.45) is 0 Å². The van der Waals surface area contributed by atoms with Gasteiger partial charge in [0.25, 0.3) is 0 Å². The van der Waals surface area contributed by atoms with Gasteiger partial charge in [0.1, 0.15) is 0 Å². The summed E-state index contributed by atoms with van der Waals surface area (Å²) in [6.07, 6.45) is 0. The molecule has 0 unspecified atom stereocenters. The van der Waals surface area contributed by atoms with E-state index in [4.69, 9.17) is 29.9 Å². The molecular formula is C117H117N6Os3P6+6. The molecule has 0 saturated carbocycles. The van der Waals surface area contributed by atoms with Gasteiger partial charge in [0, 0.05) is 81.7 Å². The monoisotopic (exact) mass is 2370 g/mol. The Morgan fingerprint density at radius 1 is 0.197 bits per heavy atom. The molecule has 0 amide bonds. The summed E-state index contributed by atoms with van der Waals surface area (Å²) < 4.78 is 0. The summed E-state index contributed by atoms with van der Waals surface area (Å²) in [7, 11) is -1.27. The zero-order valence-electron chi connectivity index (χ0n) is 77.8. The van der Waals surface area contributed by atoms with E-state index in [2.05, 4.69) is 438 Å². The molecule has 0 saturated heterocycles. The molecule has 3 aromatic heterocycles. The van der Waals surface area contributed by atoms with Crippen LogP contribution in [-0.2, 0) is 59.4 Å². The Balaban J connectivity index is 0.000000160. The minimum atomic E-state index is -0.212. The van der Waals surface area contributed by atoms with Gasteiger partial charge in [0.2, 0.25) is 0 Å². The molecule has 0 aliphatic heterocycles. The van der Waals surface area contributed by atoms with Crippen molar-refractivity contribution in [3.8, 4) is 33.8 Å². The minimum Gasteiger partial charge on any atom is -0.293 e. The van der Waals surface area contributed by atoms with Crippen LogP contribution in [-0.4, -0.2) is 110 Å². The Hall–Kier alpha value is -9.97. The van der Waals surface area contributed by atoms with Crippen molar-refractivity contribution in [3.05, 3.63) is 436 Å². The maximum atomic E-state index is 4.95. The number of fused-ring (bicyclic) bond motifs is 9. The molecule has 21 aromatic rings. The Morgan fingerprint density at radius 3 is 0.788 bits per heavy atom. The zero-order chi connectivity index (χ0) is 90.5. The smallest absolute Gasteiger partial charge is 0.293 e. The van der Waals surface area contributed by atoms with E-state index < -0.39 is 0 Å². The van der Waals surface area contributed by atoms with Crippen LogP contribution >= 0.6 is 47.5 Å². The summed E-state index contributed by atoms with van der Waals surface area (Å²) in [6.45, 7) is 33.7. The molecule has 0 fully saturated rings. The molecule has 0 atom stereocenters. The first kappa shape index (κ1) is 104. The summed E-state index contributed by atoms with van der Waals surface area (Å²) >= 11 is 0. The molecule has 3 radical (unpaired) electrons. The van der Waals surface area contributed by atoms with Gasteiger partial charge >= 0.3 is 59.4 Å². The molecule has 0 N–H and O–H groups in total. The van der Waals surface area contributed by atoms with Gasteiger partial charge in [-0.3, -0.25) is 29.9 Å². The van der Waals surface area contributed by atoms with Gasteiger partial charge in [-0.15, -0.1) is 94.7 Å². The van der Waals surface area contributed by atoms with Crippen LogP contribution in [0.3, 0.4) is 0 Å². The Kier molecular flexibility index (Phi) is 41.5. The number of aryl methyl sites for hydroxylation is 3. The molecule has 0 aliphatic carbocycles. The normalized spacial score (nSPS) is 10.6. The molecular weight excluding hydrogens is 2250 g/mol. The average Bonchev–Trinajstić information content (AvgIpc) is 0.766. The Bertz CT molecular complexity index is 6830. The van der Waals surface area contributed by atoms with Crippen LogP contribution in [0.25, 0.3) is 132 Å². The van der Waals surface area contributed by atoms with E-state index in [1.54, 1.807) is 0 Å². The van der Waals surface area contributed by atoms with Crippen molar-refractivity contribution in [2.75, 3.05) is 80.0 Å². The van der Waals surface area contributed by atoms with Crippen LogP contribution in [0.5, 0.6) is 0 Å². The fraction of sp³-hybridized carbons (Fsp3) is 0.128. The van der Waals surface area contributed by atoms with Crippen molar-refractivity contribution in [2.45, 2.75) is 20.8 Å². The summed E-state index contributed by atoms with van der Waals surface area (Å²) in [6, 6.07) is 149. The summed E-state index contributed by atoms with van der Waals surface area (Å²) in [5, 5.41) is 23.3. The fourth-order valence-corrected chi connectivity index (χ4v) is 19.9. The molecule has 0 spiro atoms. The molecule has 18 aromatic carbocycles. The van der Waals surface area contributed by atoms with Crippen molar-refractivity contribution >= 4 is 177 Å². The summed E-state index contributed by atoms with van der Waals surface area (Å²) in [5.41, 5.74) is 14.0. The molecule has 6 nitrogen and oxygen atoms in total. The van der Waals surface area contributed by atoms with Crippen LogP contribution in [0.2, 0.25) is 0 Å². The van der Waals surface area contributed by atoms with E-state index in [1.807, 2.05) is 81.4 Å². The van der Waals surface area contributed by atoms with Gasteiger partial charge in [-0.25, -0.2) is 0 Å². The van der Waals surface area contributed by atoms with E-state index in [9.17, 15) is 0 Å². The third-order valence-corrected chi connectivity index (χ3v) is 30.9. The second-order valence-electron chi connectivity index (χ2n) is 33.1. The van der Waals surface area contributed by atoms with Crippen LogP contribution in [0, 0.1) is 39.0 Å². The maximum Gasteiger partial charge on any atom is 1.00 e. The predicted octanol–water partition coefficient (Wildman–Crippen LogP) is 27.8. The largest absolute Gasteiger partial charge is 1.00 e. The number of aromatic nitrogens is 6. The van der Waals surface area contributed by atoms with Gasteiger partial charge < -0.3 is 0 Å². The topological polar surface area (TPSA) is 77.3 Å². The Morgan fingerprint density at radius 2 is 0.462 bits per heavy atom. The van der Waals surface area contributed by atoms with Gasteiger partial charge in [0.05, 0.1) is 145 Å². The second kappa shape index (κ2) is 52.6. The number of benzene rings is 18. The van der Waals surface area contributed by atoms with Crippen molar-refractivity contribution in [1.82, 2.24) is 29.9 Å². The van der Waals surface area contributed by atoms with Gasteiger partial charge in [0.15, 0.2) is 0 Å². The van der Waals surface area contributed by atoms with Gasteiger partial charge in [-0.05, 0) is 185 Å². The molecule has 21 rings (SSSR count). The van der Waals surface area contributed by atoms with E-state index >= 15 is 0 Å². The Labute approximate surface area is 829 Å². The molecule has 3 heterocycles. The van der Waals surface area contributed by atoms with Crippen LogP contribution in [0.15, 0.2) is 400 Å². The van der Waals surface area contributed by atoms with E-state index in [0.717, 1.165) is 94.7 Å². The average molecular weight is 2360 g/mol. The minimum absolute atomic E-state index is 0. The number of hydrogen-bond donors (Lipinski definition) is 0. The van der Waals surface area contributed by atoms with Crippen molar-refractivity contribution in [3.63, 3.8) is 0 Å². The first-order valence-corrected chi connectivity index (χ1v) is 59.1. The summed E-state index contributed by atoms with van der Waals surface area (Å²) in [5.74, 6) is 0. The van der Waals surface area contributed by atoms with Crippen molar-refractivity contribution in [1.29, 1.82) is 0 Å². The standard InChI is InChI=1S/3C23H15N2.6C8H11P.3Os/c1-15-23(20-12-6-10-16-7-4-5-11-19(16)20)25-22-14-18-9-3-2-8-17(18)13-21(22)24-15;1-15-23(20-11-10-16-6-2-3-7-17(16)12-20)25-22-14-19-9-5-4-8-18(19)13-21(22)24-15;1-15-23(16-7-3-2-4-8-16)25-22-14-20-12-18-10-6-5-9-17(18)11-19(20)13-21(22)24-15;6*1-9(2)8-6-4-3-5-7-8;;;/h2*2-11,13-14H,1H3;2-7,9-14H,1H3;6*3-7H,1-2H3;;;/q3*-1;;;;;;;3*+1/p+6. The molecule has 663 valence electrons. The van der Waals surface area contributed by atoms with Crippen molar-refractivity contribution < 1.29 is 59.4 Å². The molecule has 132 heavy (non-hydrogen) atoms. The van der Waals surface area contributed by atoms with Gasteiger partial charge in [-0.2, -0.15) is 0 Å². The first-order valence-electron chi connectivity index (χ1n) is 44.1. The number of rotatable bonds is 9. The molecule has 15 heteroatoms. The SMILES string of the molecule is C[PH+](C)c1ccccc1.C[PH+](C)c1ccccc1.C[PH+](C)c1ccccc1.C[PH+](C)c1ccccc1.C[PH+](C)c1ccccc1.C[PH+](C)c1ccccc1.Cc1nc2cc3cc4ccccc4cc3cc2nc1-c1[c-]cccc1.Cc1nc2cc3ccccc3cc2nc1-c1[c-]c2ccccc2cc1.Cc1nc2cc3ccccc3cc2nc1-c1[c-]ccc2ccccc12.[Os+].[Os+].[Os+]. The molecule has 0 bridgehead atoms. The summed E-state index contributed by atoms with van der Waals surface area (Å²) in [4.78, 5) is 29.2. The van der Waals surface area contributed by atoms with E-state index in [1.165, 1.54) is 85.7 Å². The third kappa shape index (κ3) is 29.5. The van der Waals surface area contributed by atoms with E-state index in [0.29, 0.717) is 0 Å². The number of hydrogen-bond acceptors (Lipinski definition) is 6. The number of nitrogens with zero attached hydrogens (tertiary/aromatic N) is 6. The first-order chi connectivity index (χ1) is 62.7. The van der Waals surface area contributed by atoms with Crippen LogP contribution in [0.1, 0.15) is 17.1 Å². The zero-order valence-corrected chi connectivity index (χ0v) is 91.5. The quantitative estimate of drug-likeness (QED) is 0.0814. The van der Waals surface area contributed by atoms with E-state index in [-0.39, 0.29) is 107 Å². The maximum absolute atomic E-state index is 4.95. The third-order valence-electron chi connectivity index (χ3n) is 22.0. The van der Waals surface area contributed by atoms with Crippen LogP contribution < -0.4 is 31.8 Å².